The first-order valence-electron chi connectivity index (χ1n) is 12.3. The predicted octanol–water partition coefficient (Wildman–Crippen LogP) is 3.55. The van der Waals surface area contributed by atoms with Gasteiger partial charge in [0.2, 0.25) is 5.91 Å². The third-order valence-corrected chi connectivity index (χ3v) is 6.83. The third kappa shape index (κ3) is 7.55. The molecule has 3 heterocycles. The number of carbonyl (C=O) groups is 1. The minimum absolute atomic E-state index is 0. The number of piperidine rings is 1. The van der Waals surface area contributed by atoms with Gasteiger partial charge in [-0.3, -0.25) is 9.79 Å². The van der Waals surface area contributed by atoms with E-state index in [2.05, 4.69) is 39.5 Å². The minimum atomic E-state index is 0. The maximum Gasteiger partial charge on any atom is 0.222 e. The van der Waals surface area contributed by atoms with Gasteiger partial charge in [0.25, 0.3) is 0 Å². The number of halogens is 1. The Labute approximate surface area is 215 Å². The van der Waals surface area contributed by atoms with Gasteiger partial charge in [0.1, 0.15) is 0 Å². The molecule has 1 amide bonds. The number of nitrogens with zero attached hydrogens (tertiary/aromatic N) is 3. The average Bonchev–Trinajstić information content (AvgIpc) is 3.24. The van der Waals surface area contributed by atoms with Crippen molar-refractivity contribution in [2.24, 2.45) is 4.99 Å². The molecular weight excluding hydrogens is 531 g/mol. The SMILES string of the molecule is CN=C(NCc1ccccc1CN1CCCC1=O)N1CCC(OCC2CCCCO2)CC1.I. The van der Waals surface area contributed by atoms with E-state index in [4.69, 9.17) is 9.47 Å². The number of hydrogen-bond acceptors (Lipinski definition) is 4. The molecule has 1 aromatic carbocycles. The molecule has 1 N–H and O–H groups in total. The molecule has 33 heavy (non-hydrogen) atoms. The molecule has 4 rings (SSSR count). The molecule has 0 saturated carbocycles. The van der Waals surface area contributed by atoms with Crippen molar-refractivity contribution in [2.45, 2.75) is 70.2 Å². The molecule has 0 bridgehead atoms. The number of ether oxygens (including phenoxy) is 2. The summed E-state index contributed by atoms with van der Waals surface area (Å²) in [7, 11) is 1.85. The number of hydrogen-bond donors (Lipinski definition) is 1. The lowest BCUT2D eigenvalue weighted by Crippen LogP contribution is -2.47. The van der Waals surface area contributed by atoms with E-state index in [0.29, 0.717) is 25.6 Å². The summed E-state index contributed by atoms with van der Waals surface area (Å²) in [6.07, 6.45) is 7.85. The maximum absolute atomic E-state index is 12.0. The standard InChI is InChI=1S/C25H38N4O3.HI/c1-26-25(28-14-11-22(12-15-28)32-19-23-9-4-5-16-31-23)27-17-20-7-2-3-8-21(20)18-29-13-6-10-24(29)30;/h2-3,7-8,22-23H,4-6,9-19H2,1H3,(H,26,27);1H. The van der Waals surface area contributed by atoms with Crippen LogP contribution >= 0.6 is 24.0 Å². The van der Waals surface area contributed by atoms with Crippen LogP contribution in [0, 0.1) is 0 Å². The Morgan fingerprint density at radius 1 is 1.12 bits per heavy atom. The maximum atomic E-state index is 12.0. The highest BCUT2D eigenvalue weighted by Crippen LogP contribution is 2.19. The molecule has 3 fully saturated rings. The topological polar surface area (TPSA) is 66.4 Å². The lowest BCUT2D eigenvalue weighted by Gasteiger charge is -2.35. The zero-order valence-corrected chi connectivity index (χ0v) is 22.2. The second kappa shape index (κ2) is 13.5. The van der Waals surface area contributed by atoms with Crippen LogP contribution in [0.2, 0.25) is 0 Å². The highest BCUT2D eigenvalue weighted by atomic mass is 127. The van der Waals surface area contributed by atoms with Crippen LogP contribution in [-0.4, -0.2) is 73.8 Å². The van der Waals surface area contributed by atoms with Gasteiger partial charge >= 0.3 is 0 Å². The molecule has 1 atom stereocenters. The normalized spacial score (nSPS) is 22.4. The van der Waals surface area contributed by atoms with Crippen LogP contribution in [0.3, 0.4) is 0 Å². The molecular formula is C25H39IN4O3. The van der Waals surface area contributed by atoms with Crippen molar-refractivity contribution in [3.8, 4) is 0 Å². The number of likely N-dealkylation sites (tertiary alicyclic amines) is 2. The van der Waals surface area contributed by atoms with Crippen molar-refractivity contribution >= 4 is 35.8 Å². The molecule has 0 aromatic heterocycles. The fraction of sp³-hybridized carbons (Fsp3) is 0.680. The van der Waals surface area contributed by atoms with Crippen LogP contribution in [0.15, 0.2) is 29.3 Å². The summed E-state index contributed by atoms with van der Waals surface area (Å²) in [6.45, 7) is 5.77. The van der Waals surface area contributed by atoms with Crippen molar-refractivity contribution in [3.63, 3.8) is 0 Å². The fourth-order valence-corrected chi connectivity index (χ4v) is 4.88. The minimum Gasteiger partial charge on any atom is -0.376 e. The monoisotopic (exact) mass is 570 g/mol. The Bertz CT molecular complexity index is 777. The molecule has 1 aromatic rings. The molecule has 1 unspecified atom stereocenters. The number of benzene rings is 1. The number of nitrogens with one attached hydrogen (secondary N) is 1. The van der Waals surface area contributed by atoms with E-state index in [1.807, 2.05) is 11.9 Å². The molecule has 7 nitrogen and oxygen atoms in total. The Balaban J connectivity index is 0.00000306. The number of carbonyl (C=O) groups excluding carboxylic acids is 1. The van der Waals surface area contributed by atoms with Gasteiger partial charge in [0.05, 0.1) is 18.8 Å². The van der Waals surface area contributed by atoms with Crippen LogP contribution in [0.5, 0.6) is 0 Å². The number of aliphatic imine (C=N–C) groups is 1. The van der Waals surface area contributed by atoms with Crippen molar-refractivity contribution < 1.29 is 14.3 Å². The van der Waals surface area contributed by atoms with E-state index < -0.39 is 0 Å². The highest BCUT2D eigenvalue weighted by molar-refractivity contribution is 14.0. The van der Waals surface area contributed by atoms with Gasteiger partial charge in [-0.2, -0.15) is 0 Å². The Kier molecular flexibility index (Phi) is 10.7. The average molecular weight is 571 g/mol. The smallest absolute Gasteiger partial charge is 0.222 e. The van der Waals surface area contributed by atoms with Gasteiger partial charge in [-0.05, 0) is 49.7 Å². The van der Waals surface area contributed by atoms with Gasteiger partial charge in [-0.15, -0.1) is 24.0 Å². The fourth-order valence-electron chi connectivity index (χ4n) is 4.88. The summed E-state index contributed by atoms with van der Waals surface area (Å²) in [5.41, 5.74) is 2.43. The van der Waals surface area contributed by atoms with Crippen molar-refractivity contribution in [1.82, 2.24) is 15.1 Å². The molecule has 3 aliphatic heterocycles. The molecule has 0 radical (unpaired) electrons. The Morgan fingerprint density at radius 2 is 1.91 bits per heavy atom. The van der Waals surface area contributed by atoms with Crippen LogP contribution in [0.25, 0.3) is 0 Å². The van der Waals surface area contributed by atoms with E-state index in [1.165, 1.54) is 24.0 Å². The van der Waals surface area contributed by atoms with E-state index >= 15 is 0 Å². The van der Waals surface area contributed by atoms with Crippen LogP contribution in [-0.2, 0) is 27.4 Å². The van der Waals surface area contributed by atoms with Gasteiger partial charge in [-0.1, -0.05) is 24.3 Å². The van der Waals surface area contributed by atoms with E-state index in [9.17, 15) is 4.79 Å². The van der Waals surface area contributed by atoms with Crippen molar-refractivity contribution in [1.29, 1.82) is 0 Å². The summed E-state index contributed by atoms with van der Waals surface area (Å²) >= 11 is 0. The molecule has 8 heteroatoms. The zero-order valence-electron chi connectivity index (χ0n) is 19.8. The number of rotatable bonds is 7. The van der Waals surface area contributed by atoms with Crippen LogP contribution in [0.4, 0.5) is 0 Å². The van der Waals surface area contributed by atoms with Crippen molar-refractivity contribution in [3.05, 3.63) is 35.4 Å². The van der Waals surface area contributed by atoms with E-state index in [0.717, 1.165) is 64.5 Å². The summed E-state index contributed by atoms with van der Waals surface area (Å²) in [5.74, 6) is 1.20. The van der Waals surface area contributed by atoms with Crippen LogP contribution < -0.4 is 5.32 Å². The van der Waals surface area contributed by atoms with Gasteiger partial charge in [0, 0.05) is 52.8 Å². The number of guanidine groups is 1. The van der Waals surface area contributed by atoms with Gasteiger partial charge < -0.3 is 24.6 Å². The third-order valence-electron chi connectivity index (χ3n) is 6.83. The van der Waals surface area contributed by atoms with Gasteiger partial charge in [0.15, 0.2) is 5.96 Å². The lowest BCUT2D eigenvalue weighted by atomic mass is 10.1. The van der Waals surface area contributed by atoms with E-state index in [1.54, 1.807) is 0 Å². The summed E-state index contributed by atoms with van der Waals surface area (Å²) < 4.78 is 11.9. The summed E-state index contributed by atoms with van der Waals surface area (Å²) in [5, 5.41) is 3.54. The van der Waals surface area contributed by atoms with Crippen molar-refractivity contribution in [2.75, 3.05) is 39.9 Å². The molecule has 184 valence electrons. The Hall–Kier alpha value is -1.39. The number of amides is 1. The molecule has 0 spiro atoms. The van der Waals surface area contributed by atoms with Crippen LogP contribution in [0.1, 0.15) is 56.1 Å². The second-order valence-corrected chi connectivity index (χ2v) is 9.10. The molecule has 3 saturated heterocycles. The quantitative estimate of drug-likeness (QED) is 0.309. The molecule has 3 aliphatic rings. The van der Waals surface area contributed by atoms with Gasteiger partial charge in [-0.25, -0.2) is 0 Å². The largest absolute Gasteiger partial charge is 0.376 e. The highest BCUT2D eigenvalue weighted by Gasteiger charge is 2.24. The van der Waals surface area contributed by atoms with E-state index in [-0.39, 0.29) is 36.0 Å². The zero-order chi connectivity index (χ0) is 22.2. The Morgan fingerprint density at radius 3 is 2.58 bits per heavy atom. The summed E-state index contributed by atoms with van der Waals surface area (Å²) in [6, 6.07) is 8.39. The first-order chi connectivity index (χ1) is 15.7. The molecule has 0 aliphatic carbocycles. The lowest BCUT2D eigenvalue weighted by molar-refractivity contribution is -0.128. The first kappa shape index (κ1) is 26.2. The first-order valence-corrected chi connectivity index (χ1v) is 12.3. The summed E-state index contributed by atoms with van der Waals surface area (Å²) in [4.78, 5) is 20.9. The predicted molar refractivity (Wildman–Crippen MR) is 141 cm³/mol. The second-order valence-electron chi connectivity index (χ2n) is 9.10.